The van der Waals surface area contributed by atoms with Gasteiger partial charge in [-0.05, 0) is 41.3 Å². The van der Waals surface area contributed by atoms with Gasteiger partial charge in [0, 0.05) is 20.6 Å². The van der Waals surface area contributed by atoms with E-state index in [0.717, 1.165) is 42.5 Å². The number of nitrogen functional groups attached to an aromatic ring is 1. The lowest BCUT2D eigenvalue weighted by molar-refractivity contribution is 0.112. The van der Waals surface area contributed by atoms with Crippen molar-refractivity contribution in [3.63, 3.8) is 0 Å². The smallest absolute Gasteiger partial charge is 0.152 e. The van der Waals surface area contributed by atoms with Crippen molar-refractivity contribution in [1.29, 1.82) is 0 Å². The van der Waals surface area contributed by atoms with Crippen LogP contribution in [0.5, 0.6) is 0 Å². The summed E-state index contributed by atoms with van der Waals surface area (Å²) in [5.41, 5.74) is 11.9. The summed E-state index contributed by atoms with van der Waals surface area (Å²) in [7, 11) is 0. The van der Waals surface area contributed by atoms with Gasteiger partial charge in [-0.2, -0.15) is 0 Å². The summed E-state index contributed by atoms with van der Waals surface area (Å²) >= 11 is 0. The third-order valence-corrected chi connectivity index (χ3v) is 3.69. The molecule has 20 heavy (non-hydrogen) atoms. The van der Waals surface area contributed by atoms with Crippen molar-refractivity contribution in [2.45, 2.75) is 20.4 Å². The summed E-state index contributed by atoms with van der Waals surface area (Å²) in [6.07, 6.45) is 1.79. The number of carbonyl (C=O) groups excluding carboxylic acids is 1. The monoisotopic (exact) mass is 272 g/mol. The molecule has 3 rings (SSSR count). The third kappa shape index (κ3) is 2.32. The van der Waals surface area contributed by atoms with Gasteiger partial charge in [-0.1, -0.05) is 37.8 Å². The predicted molar refractivity (Wildman–Crippen MR) is 88.0 cm³/mol. The molecular weight excluding hydrogens is 248 g/mol. The van der Waals surface area contributed by atoms with Crippen molar-refractivity contribution in [3.8, 4) is 11.1 Å². The van der Waals surface area contributed by atoms with Crippen LogP contribution in [0.4, 0.5) is 5.69 Å². The zero-order chi connectivity index (χ0) is 13.2. The van der Waals surface area contributed by atoms with E-state index in [1.165, 1.54) is 5.56 Å². The number of benzene rings is 2. The van der Waals surface area contributed by atoms with Crippen LogP contribution in [0.25, 0.3) is 11.1 Å². The van der Waals surface area contributed by atoms with Crippen LogP contribution in [0.3, 0.4) is 0 Å². The van der Waals surface area contributed by atoms with Crippen molar-refractivity contribution in [2.75, 3.05) is 12.3 Å². The van der Waals surface area contributed by atoms with E-state index in [4.69, 9.17) is 5.73 Å². The lowest BCUT2D eigenvalue weighted by Crippen LogP contribution is -2.25. The normalized spacial score (nSPS) is 13.2. The average Bonchev–Trinajstić information content (AvgIpc) is 2.49. The topological polar surface area (TPSA) is 55.1 Å². The van der Waals surface area contributed by atoms with Crippen LogP contribution in [-0.2, 0) is 13.0 Å². The number of nitrogens with one attached hydrogen (secondary N) is 1. The maximum Gasteiger partial charge on any atom is 0.152 e. The molecule has 0 atom stereocenters. The number of aldehydes is 1. The highest BCUT2D eigenvalue weighted by molar-refractivity contribution is 5.89. The van der Waals surface area contributed by atoms with Crippen LogP contribution < -0.4 is 11.1 Å². The molecule has 1 aliphatic heterocycles. The molecule has 0 aliphatic carbocycles. The highest BCUT2D eigenvalue weighted by Gasteiger charge is 2.19. The fourth-order valence-corrected chi connectivity index (χ4v) is 2.71. The molecule has 0 radical (unpaired) electrons. The minimum atomic E-state index is 0. The molecule has 3 heteroatoms. The highest BCUT2D eigenvalue weighted by atomic mass is 16.1. The second-order valence-corrected chi connectivity index (χ2v) is 4.79. The summed E-state index contributed by atoms with van der Waals surface area (Å²) in [5.74, 6) is 0. The second kappa shape index (κ2) is 5.88. The molecule has 0 spiro atoms. The van der Waals surface area contributed by atoms with Gasteiger partial charge in [0.15, 0.2) is 6.29 Å². The molecule has 1 heterocycles. The minimum Gasteiger partial charge on any atom is -0.398 e. The molecule has 2 aromatic rings. The van der Waals surface area contributed by atoms with Gasteiger partial charge in [-0.3, -0.25) is 4.79 Å². The molecule has 0 bridgehead atoms. The van der Waals surface area contributed by atoms with Gasteiger partial charge in [0.05, 0.1) is 0 Å². The first-order valence-corrected chi connectivity index (χ1v) is 6.47. The quantitative estimate of drug-likeness (QED) is 0.649. The van der Waals surface area contributed by atoms with Crippen molar-refractivity contribution in [3.05, 3.63) is 53.1 Å². The Morgan fingerprint density at radius 3 is 2.65 bits per heavy atom. The van der Waals surface area contributed by atoms with Crippen LogP contribution in [-0.4, -0.2) is 12.8 Å². The van der Waals surface area contributed by atoms with Gasteiger partial charge in [-0.25, -0.2) is 0 Å². The van der Waals surface area contributed by atoms with E-state index in [2.05, 4.69) is 17.4 Å². The lowest BCUT2D eigenvalue weighted by Gasteiger charge is -2.23. The Morgan fingerprint density at radius 1 is 1.20 bits per heavy atom. The van der Waals surface area contributed by atoms with Gasteiger partial charge in [0.2, 0.25) is 0 Å². The van der Waals surface area contributed by atoms with Crippen LogP contribution >= 0.6 is 0 Å². The van der Waals surface area contributed by atoms with Crippen molar-refractivity contribution < 1.29 is 7.65 Å². The van der Waals surface area contributed by atoms with Crippen molar-refractivity contribution in [1.82, 2.24) is 5.32 Å². The number of fused-ring (bicyclic) bond motifs is 1. The molecule has 3 N–H and O–H groups in total. The molecule has 0 aromatic heterocycles. The molecule has 0 fully saturated rings. The molecule has 0 saturated carbocycles. The van der Waals surface area contributed by atoms with Crippen LogP contribution in [0.2, 0.25) is 0 Å². The Kier molecular flexibility index (Phi) is 4.20. The average molecular weight is 272 g/mol. The Morgan fingerprint density at radius 2 is 1.95 bits per heavy atom. The van der Waals surface area contributed by atoms with Gasteiger partial charge >= 0.3 is 0 Å². The van der Waals surface area contributed by atoms with Gasteiger partial charge in [0.25, 0.3) is 0 Å². The first kappa shape index (κ1) is 14.3. The van der Waals surface area contributed by atoms with E-state index in [0.29, 0.717) is 11.3 Å². The summed E-state index contributed by atoms with van der Waals surface area (Å²) in [6, 6.07) is 12.1. The fourth-order valence-electron chi connectivity index (χ4n) is 2.71. The number of hydrogen-bond donors (Lipinski definition) is 2. The standard InChI is InChI=1S/C16H16N2O.CH4.2H2/c17-16-12(10-19)8-14(11-4-2-1-3-5-11)13-6-7-18-9-15(13)16;;;/h1-5,8,10,18H,6-7,9,17H2;1H4;2*1H. The lowest BCUT2D eigenvalue weighted by atomic mass is 9.88. The Labute approximate surface area is 122 Å². The maximum atomic E-state index is 11.2. The Hall–Kier alpha value is -2.13. The van der Waals surface area contributed by atoms with Gasteiger partial charge < -0.3 is 11.1 Å². The molecule has 2 aromatic carbocycles. The zero-order valence-electron chi connectivity index (χ0n) is 10.6. The van der Waals surface area contributed by atoms with Gasteiger partial charge in [-0.15, -0.1) is 0 Å². The number of anilines is 1. The summed E-state index contributed by atoms with van der Waals surface area (Å²) in [6.45, 7) is 1.69. The summed E-state index contributed by atoms with van der Waals surface area (Å²) < 4.78 is 0. The van der Waals surface area contributed by atoms with Crippen LogP contribution in [0.15, 0.2) is 36.4 Å². The molecule has 0 saturated heterocycles. The van der Waals surface area contributed by atoms with E-state index < -0.39 is 0 Å². The first-order valence-electron chi connectivity index (χ1n) is 6.47. The van der Waals surface area contributed by atoms with Crippen LogP contribution in [0.1, 0.15) is 31.8 Å². The molecule has 0 unspecified atom stereocenters. The van der Waals surface area contributed by atoms with Crippen molar-refractivity contribution >= 4 is 12.0 Å². The number of hydrogen-bond acceptors (Lipinski definition) is 3. The number of nitrogens with two attached hydrogens (primary N) is 1. The molecule has 3 nitrogen and oxygen atoms in total. The summed E-state index contributed by atoms with van der Waals surface area (Å²) in [5, 5.41) is 3.32. The van der Waals surface area contributed by atoms with Crippen molar-refractivity contribution in [2.24, 2.45) is 0 Å². The van der Waals surface area contributed by atoms with E-state index in [9.17, 15) is 4.79 Å². The minimum absolute atomic E-state index is 0. The maximum absolute atomic E-state index is 11.2. The van der Waals surface area contributed by atoms with Crippen LogP contribution in [0, 0.1) is 0 Å². The van der Waals surface area contributed by atoms with E-state index in [1.54, 1.807) is 0 Å². The number of carbonyl (C=O) groups is 1. The Balaban J connectivity index is 0.00000147. The summed E-state index contributed by atoms with van der Waals surface area (Å²) in [4.78, 5) is 11.2. The van der Waals surface area contributed by atoms with Gasteiger partial charge in [0.1, 0.15) is 0 Å². The molecule has 1 aliphatic rings. The van der Waals surface area contributed by atoms with E-state index in [-0.39, 0.29) is 10.3 Å². The zero-order valence-corrected chi connectivity index (χ0v) is 10.6. The Bertz CT molecular complexity index is 630. The SMILES string of the molecule is C.Nc1c(C=O)cc(-c2ccccc2)c2c1CNCC2.[HH].[HH]. The second-order valence-electron chi connectivity index (χ2n) is 4.79. The first-order chi connectivity index (χ1) is 9.31. The molecule has 108 valence electrons. The third-order valence-electron chi connectivity index (χ3n) is 3.69. The van der Waals surface area contributed by atoms with E-state index in [1.807, 2.05) is 24.3 Å². The largest absolute Gasteiger partial charge is 0.398 e. The van der Waals surface area contributed by atoms with E-state index >= 15 is 0 Å². The number of rotatable bonds is 2. The predicted octanol–water partition coefficient (Wildman–Crippen LogP) is 3.52. The highest BCUT2D eigenvalue weighted by Crippen LogP contribution is 2.33. The fraction of sp³-hybridized carbons (Fsp3) is 0.235. The molecule has 0 amide bonds. The molecular formula is C17H24N2O.